The highest BCUT2D eigenvalue weighted by atomic mass is 79.9. The standard InChI is InChI=1S/C18H19BrN2O4/c1-12-5-8-17(15(19)10-12)25-9-3-4-18(22)20-16-7-6-14(21(23)24)11-13(16)2/h5-8,10-11H,3-4,9H2,1-2H3,(H,20,22). The molecule has 0 aromatic heterocycles. The molecule has 1 N–H and O–H groups in total. The molecule has 1 amide bonds. The number of nitrogens with zero attached hydrogens (tertiary/aromatic N) is 1. The summed E-state index contributed by atoms with van der Waals surface area (Å²) >= 11 is 3.44. The van der Waals surface area contributed by atoms with Crippen LogP contribution in [0.4, 0.5) is 11.4 Å². The van der Waals surface area contributed by atoms with Gasteiger partial charge in [0.05, 0.1) is 16.0 Å². The molecule has 0 aliphatic rings. The van der Waals surface area contributed by atoms with Gasteiger partial charge in [0.15, 0.2) is 0 Å². The lowest BCUT2D eigenvalue weighted by Crippen LogP contribution is -2.13. The average molecular weight is 407 g/mol. The summed E-state index contributed by atoms with van der Waals surface area (Å²) < 4.78 is 6.54. The molecule has 132 valence electrons. The first kappa shape index (κ1) is 18.9. The molecule has 0 unspecified atom stereocenters. The fourth-order valence-electron chi connectivity index (χ4n) is 2.25. The third-order valence-electron chi connectivity index (χ3n) is 3.59. The number of carbonyl (C=O) groups excluding carboxylic acids is 1. The van der Waals surface area contributed by atoms with Crippen molar-refractivity contribution in [2.45, 2.75) is 26.7 Å². The van der Waals surface area contributed by atoms with Gasteiger partial charge in [-0.15, -0.1) is 0 Å². The van der Waals surface area contributed by atoms with Gasteiger partial charge in [0.2, 0.25) is 5.91 Å². The summed E-state index contributed by atoms with van der Waals surface area (Å²) in [5.41, 5.74) is 2.38. The molecule has 2 aromatic rings. The van der Waals surface area contributed by atoms with E-state index in [1.165, 1.54) is 12.1 Å². The average Bonchev–Trinajstić information content (AvgIpc) is 2.55. The molecule has 25 heavy (non-hydrogen) atoms. The van der Waals surface area contributed by atoms with Crippen LogP contribution in [0.15, 0.2) is 40.9 Å². The Bertz CT molecular complexity index is 793. The van der Waals surface area contributed by atoms with Crippen molar-refractivity contribution < 1.29 is 14.5 Å². The molecule has 0 aliphatic carbocycles. The molecule has 0 heterocycles. The predicted molar refractivity (Wildman–Crippen MR) is 100 cm³/mol. The van der Waals surface area contributed by atoms with Gasteiger partial charge < -0.3 is 10.1 Å². The Kier molecular flexibility index (Phi) is 6.52. The van der Waals surface area contributed by atoms with Crippen molar-refractivity contribution in [3.05, 3.63) is 62.1 Å². The van der Waals surface area contributed by atoms with Crippen LogP contribution in [0.2, 0.25) is 0 Å². The van der Waals surface area contributed by atoms with Crippen LogP contribution in [0.3, 0.4) is 0 Å². The largest absolute Gasteiger partial charge is 0.492 e. The molecule has 0 aliphatic heterocycles. The normalized spacial score (nSPS) is 10.4. The zero-order valence-corrected chi connectivity index (χ0v) is 15.6. The second-order valence-corrected chi connectivity index (χ2v) is 6.54. The lowest BCUT2D eigenvalue weighted by atomic mass is 10.1. The number of benzene rings is 2. The first-order valence-electron chi connectivity index (χ1n) is 7.80. The number of non-ortho nitro benzene ring substituents is 1. The third-order valence-corrected chi connectivity index (χ3v) is 4.21. The summed E-state index contributed by atoms with van der Waals surface area (Å²) in [5.74, 6) is 0.598. The minimum atomic E-state index is -0.459. The molecule has 2 rings (SSSR count). The predicted octanol–water partition coefficient (Wildman–Crippen LogP) is 4.77. The highest BCUT2D eigenvalue weighted by molar-refractivity contribution is 9.10. The van der Waals surface area contributed by atoms with Crippen LogP contribution in [-0.2, 0) is 4.79 Å². The summed E-state index contributed by atoms with van der Waals surface area (Å²) in [6.45, 7) is 4.15. The smallest absolute Gasteiger partial charge is 0.269 e. The van der Waals surface area contributed by atoms with Gasteiger partial charge in [0, 0.05) is 24.2 Å². The Morgan fingerprint density at radius 1 is 1.24 bits per heavy atom. The first-order valence-corrected chi connectivity index (χ1v) is 8.60. The van der Waals surface area contributed by atoms with Crippen LogP contribution in [0.1, 0.15) is 24.0 Å². The Hall–Kier alpha value is -2.41. The van der Waals surface area contributed by atoms with Crippen LogP contribution in [0.5, 0.6) is 5.75 Å². The number of halogens is 1. The van der Waals surface area contributed by atoms with E-state index in [1.54, 1.807) is 13.0 Å². The summed E-state index contributed by atoms with van der Waals surface area (Å²) in [6.07, 6.45) is 0.873. The molecule has 0 bridgehead atoms. The number of hydrogen-bond acceptors (Lipinski definition) is 4. The second-order valence-electron chi connectivity index (χ2n) is 5.69. The maximum atomic E-state index is 12.0. The van der Waals surface area contributed by atoms with Gasteiger partial charge in [-0.1, -0.05) is 6.07 Å². The topological polar surface area (TPSA) is 81.5 Å². The van der Waals surface area contributed by atoms with Gasteiger partial charge >= 0.3 is 0 Å². The highest BCUT2D eigenvalue weighted by Crippen LogP contribution is 2.26. The number of amides is 1. The van der Waals surface area contributed by atoms with E-state index >= 15 is 0 Å². The van der Waals surface area contributed by atoms with Crippen molar-refractivity contribution >= 4 is 33.2 Å². The van der Waals surface area contributed by atoms with Crippen molar-refractivity contribution in [1.82, 2.24) is 0 Å². The van der Waals surface area contributed by atoms with Gasteiger partial charge in [0.25, 0.3) is 5.69 Å². The maximum absolute atomic E-state index is 12.0. The molecular weight excluding hydrogens is 388 g/mol. The third kappa shape index (κ3) is 5.56. The van der Waals surface area contributed by atoms with Crippen molar-refractivity contribution in [2.24, 2.45) is 0 Å². The fraction of sp³-hybridized carbons (Fsp3) is 0.278. The first-order chi connectivity index (χ1) is 11.9. The molecule has 2 aromatic carbocycles. The molecule has 0 spiro atoms. The molecule has 6 nitrogen and oxygen atoms in total. The van der Waals surface area contributed by atoms with Crippen molar-refractivity contribution in [3.63, 3.8) is 0 Å². The number of nitro groups is 1. The quantitative estimate of drug-likeness (QED) is 0.407. The monoisotopic (exact) mass is 406 g/mol. The number of carbonyl (C=O) groups is 1. The second kappa shape index (κ2) is 8.62. The van der Waals surface area contributed by atoms with Crippen LogP contribution < -0.4 is 10.1 Å². The maximum Gasteiger partial charge on any atom is 0.269 e. The number of anilines is 1. The summed E-state index contributed by atoms with van der Waals surface area (Å²) in [7, 11) is 0. The zero-order valence-electron chi connectivity index (χ0n) is 14.0. The number of hydrogen-bond donors (Lipinski definition) is 1. The Balaban J connectivity index is 1.80. The molecule has 0 atom stereocenters. The van der Waals surface area contributed by atoms with Crippen LogP contribution in [0, 0.1) is 24.0 Å². The molecular formula is C18H19BrN2O4. The number of ether oxygens (including phenoxy) is 1. The zero-order chi connectivity index (χ0) is 18.4. The SMILES string of the molecule is Cc1ccc(OCCCC(=O)Nc2ccc([N+](=O)[O-])cc2C)c(Br)c1. The Morgan fingerprint density at radius 3 is 2.64 bits per heavy atom. The van der Waals surface area contributed by atoms with E-state index < -0.39 is 4.92 Å². The lowest BCUT2D eigenvalue weighted by Gasteiger charge is -2.10. The van der Waals surface area contributed by atoms with E-state index in [2.05, 4.69) is 21.2 Å². The van der Waals surface area contributed by atoms with Gasteiger partial charge in [0.1, 0.15) is 5.75 Å². The number of aryl methyl sites for hydroxylation is 2. The van der Waals surface area contributed by atoms with E-state index in [0.717, 1.165) is 15.8 Å². The highest BCUT2D eigenvalue weighted by Gasteiger charge is 2.10. The Morgan fingerprint density at radius 2 is 2.00 bits per heavy atom. The number of rotatable bonds is 7. The molecule has 0 saturated heterocycles. The molecule has 0 saturated carbocycles. The van der Waals surface area contributed by atoms with Crippen LogP contribution in [-0.4, -0.2) is 17.4 Å². The van der Waals surface area contributed by atoms with Crippen LogP contribution >= 0.6 is 15.9 Å². The van der Waals surface area contributed by atoms with E-state index in [9.17, 15) is 14.9 Å². The van der Waals surface area contributed by atoms with Gasteiger partial charge in [-0.3, -0.25) is 14.9 Å². The minimum absolute atomic E-state index is 0.00701. The summed E-state index contributed by atoms with van der Waals surface area (Å²) in [4.78, 5) is 22.3. The fourth-order valence-corrected chi connectivity index (χ4v) is 2.86. The minimum Gasteiger partial charge on any atom is -0.492 e. The van der Waals surface area contributed by atoms with E-state index in [1.807, 2.05) is 25.1 Å². The molecule has 7 heteroatoms. The van der Waals surface area contributed by atoms with E-state index in [0.29, 0.717) is 30.7 Å². The lowest BCUT2D eigenvalue weighted by molar-refractivity contribution is -0.384. The number of nitrogens with one attached hydrogen (secondary N) is 1. The van der Waals surface area contributed by atoms with E-state index in [4.69, 9.17) is 4.74 Å². The summed E-state index contributed by atoms with van der Waals surface area (Å²) in [5, 5.41) is 13.5. The number of nitro benzene ring substituents is 1. The van der Waals surface area contributed by atoms with Crippen molar-refractivity contribution in [3.8, 4) is 5.75 Å². The van der Waals surface area contributed by atoms with Crippen molar-refractivity contribution in [1.29, 1.82) is 0 Å². The van der Waals surface area contributed by atoms with E-state index in [-0.39, 0.29) is 11.6 Å². The Labute approximate surface area is 154 Å². The van der Waals surface area contributed by atoms with Gasteiger partial charge in [-0.2, -0.15) is 0 Å². The van der Waals surface area contributed by atoms with Crippen LogP contribution in [0.25, 0.3) is 0 Å². The van der Waals surface area contributed by atoms with Crippen molar-refractivity contribution in [2.75, 3.05) is 11.9 Å². The molecule has 0 radical (unpaired) electrons. The molecule has 0 fully saturated rings. The summed E-state index contributed by atoms with van der Waals surface area (Å²) in [6, 6.07) is 10.2. The van der Waals surface area contributed by atoms with Gasteiger partial charge in [-0.05, 0) is 65.5 Å². The van der Waals surface area contributed by atoms with Gasteiger partial charge in [-0.25, -0.2) is 0 Å².